The van der Waals surface area contributed by atoms with Gasteiger partial charge in [-0.15, -0.1) is 0 Å². The highest BCUT2D eigenvalue weighted by molar-refractivity contribution is 6.04. The molecule has 0 atom stereocenters. The number of ether oxygens (including phenoxy) is 3. The van der Waals surface area contributed by atoms with Crippen LogP contribution in [0.25, 0.3) is 11.1 Å². The number of pyridine rings is 1. The molecule has 0 saturated carbocycles. The van der Waals surface area contributed by atoms with Gasteiger partial charge in [-0.25, -0.2) is 9.59 Å². The van der Waals surface area contributed by atoms with E-state index in [9.17, 15) is 9.59 Å². The number of nitrogens with zero attached hydrogens (tertiary/aromatic N) is 2. The Hall–Kier alpha value is -4.40. The number of benzene rings is 2. The van der Waals surface area contributed by atoms with Gasteiger partial charge in [-0.2, -0.15) is 0 Å². The first-order valence-electron chi connectivity index (χ1n) is 12.5. The molecule has 2 aromatic carbocycles. The lowest BCUT2D eigenvalue weighted by molar-refractivity contribution is 0.0573. The minimum absolute atomic E-state index is 0.0998. The Labute approximate surface area is 229 Å². The largest absolute Gasteiger partial charge is 0.496 e. The molecule has 206 valence electrons. The summed E-state index contributed by atoms with van der Waals surface area (Å²) in [5.41, 5.74) is 4.71. The number of nitrogens with one attached hydrogen (secondary N) is 2. The van der Waals surface area contributed by atoms with E-state index in [1.54, 1.807) is 77.5 Å². The van der Waals surface area contributed by atoms with E-state index < -0.39 is 17.7 Å². The molecule has 39 heavy (non-hydrogen) atoms. The van der Waals surface area contributed by atoms with Crippen molar-refractivity contribution in [3.8, 4) is 16.9 Å². The van der Waals surface area contributed by atoms with E-state index in [1.165, 1.54) is 18.2 Å². The molecule has 0 unspecified atom stereocenters. The van der Waals surface area contributed by atoms with Gasteiger partial charge in [-0.3, -0.25) is 9.88 Å². The summed E-state index contributed by atoms with van der Waals surface area (Å²) in [6, 6.07) is 10.5. The van der Waals surface area contributed by atoms with Gasteiger partial charge in [0.25, 0.3) is 0 Å². The number of esters is 1. The van der Waals surface area contributed by atoms with Crippen molar-refractivity contribution in [2.45, 2.75) is 46.8 Å². The molecule has 0 bridgehead atoms. The predicted molar refractivity (Wildman–Crippen MR) is 153 cm³/mol. The summed E-state index contributed by atoms with van der Waals surface area (Å²) in [6.45, 7) is 9.32. The number of anilines is 2. The van der Waals surface area contributed by atoms with Crippen LogP contribution in [0.4, 0.5) is 16.2 Å². The monoisotopic (exact) mass is 532 g/mol. The standard InChI is InChI=1S/C30H36N4O5/c1-18-16-33-26(19(2)27(18)37-7)17-34(29(36)39-30(3,4)5)20-13-23(24(15-31)25(14-20)32-6)21-11-9-10-12-22(21)28(35)38-8/h9-16,31-32H,17H2,1-8H3. The highest BCUT2D eigenvalue weighted by atomic mass is 16.6. The number of methoxy groups -OCH3 is 2. The molecule has 0 aliphatic heterocycles. The van der Waals surface area contributed by atoms with Crippen LogP contribution in [-0.4, -0.2) is 50.1 Å². The number of amides is 1. The lowest BCUT2D eigenvalue weighted by atomic mass is 9.93. The third-order valence-corrected chi connectivity index (χ3v) is 6.18. The van der Waals surface area contributed by atoms with Crippen molar-refractivity contribution in [2.75, 3.05) is 31.5 Å². The number of aromatic nitrogens is 1. The van der Waals surface area contributed by atoms with E-state index in [-0.39, 0.29) is 6.54 Å². The summed E-state index contributed by atoms with van der Waals surface area (Å²) < 4.78 is 16.4. The van der Waals surface area contributed by atoms with Gasteiger partial charge in [0.05, 0.1) is 37.7 Å². The van der Waals surface area contributed by atoms with Crippen LogP contribution in [-0.2, 0) is 16.0 Å². The molecule has 0 radical (unpaired) electrons. The molecule has 3 rings (SSSR count). The molecular formula is C30H36N4O5. The van der Waals surface area contributed by atoms with E-state index in [4.69, 9.17) is 19.6 Å². The molecule has 9 nitrogen and oxygen atoms in total. The zero-order chi connectivity index (χ0) is 28.9. The SMILES string of the molecule is CNc1cc(N(Cc2ncc(C)c(OC)c2C)C(=O)OC(C)(C)C)cc(-c2ccccc2C(=O)OC)c1C=N. The molecule has 0 saturated heterocycles. The maximum absolute atomic E-state index is 13.6. The van der Waals surface area contributed by atoms with Crippen LogP contribution in [0.5, 0.6) is 5.75 Å². The van der Waals surface area contributed by atoms with E-state index in [0.29, 0.717) is 45.1 Å². The Balaban J connectivity index is 2.29. The second-order valence-electron chi connectivity index (χ2n) is 10.00. The number of rotatable bonds is 8. The van der Waals surface area contributed by atoms with Crippen LogP contribution in [0.15, 0.2) is 42.6 Å². The normalized spacial score (nSPS) is 11.0. The Kier molecular flexibility index (Phi) is 8.96. The first kappa shape index (κ1) is 29.2. The summed E-state index contributed by atoms with van der Waals surface area (Å²) in [5.74, 6) is 0.195. The van der Waals surface area contributed by atoms with Crippen molar-refractivity contribution in [1.82, 2.24) is 4.98 Å². The Bertz CT molecular complexity index is 1390. The van der Waals surface area contributed by atoms with E-state index >= 15 is 0 Å². The zero-order valence-electron chi connectivity index (χ0n) is 23.8. The Morgan fingerprint density at radius 1 is 1.10 bits per heavy atom. The highest BCUT2D eigenvalue weighted by Crippen LogP contribution is 2.37. The third-order valence-electron chi connectivity index (χ3n) is 6.18. The zero-order valence-corrected chi connectivity index (χ0v) is 23.8. The molecule has 0 fully saturated rings. The van der Waals surface area contributed by atoms with Crippen LogP contribution >= 0.6 is 0 Å². The van der Waals surface area contributed by atoms with E-state index in [2.05, 4.69) is 10.3 Å². The third kappa shape index (κ3) is 6.37. The number of aryl methyl sites for hydroxylation is 1. The average molecular weight is 533 g/mol. The van der Waals surface area contributed by atoms with Crippen molar-refractivity contribution in [3.63, 3.8) is 0 Å². The van der Waals surface area contributed by atoms with Gasteiger partial charge in [0.1, 0.15) is 11.4 Å². The summed E-state index contributed by atoms with van der Waals surface area (Å²) in [5, 5.41) is 11.3. The van der Waals surface area contributed by atoms with Crippen LogP contribution in [0, 0.1) is 19.3 Å². The number of hydrogen-bond donors (Lipinski definition) is 2. The fourth-order valence-corrected chi connectivity index (χ4v) is 4.34. The Morgan fingerprint density at radius 3 is 2.38 bits per heavy atom. The van der Waals surface area contributed by atoms with Crippen LogP contribution in [0.2, 0.25) is 0 Å². The van der Waals surface area contributed by atoms with Crippen LogP contribution in [0.1, 0.15) is 53.5 Å². The minimum atomic E-state index is -0.746. The molecule has 0 aliphatic rings. The lowest BCUT2D eigenvalue weighted by Gasteiger charge is -2.29. The number of carbonyl (C=O) groups excluding carboxylic acids is 2. The first-order valence-corrected chi connectivity index (χ1v) is 12.5. The van der Waals surface area contributed by atoms with Gasteiger partial charge in [-0.05, 0) is 63.9 Å². The predicted octanol–water partition coefficient (Wildman–Crippen LogP) is 6.14. The van der Waals surface area contributed by atoms with Gasteiger partial charge >= 0.3 is 12.1 Å². The molecule has 1 heterocycles. The van der Waals surface area contributed by atoms with Gasteiger partial charge < -0.3 is 24.9 Å². The second kappa shape index (κ2) is 12.0. The van der Waals surface area contributed by atoms with Crippen molar-refractivity contribution < 1.29 is 23.8 Å². The smallest absolute Gasteiger partial charge is 0.415 e. The molecule has 1 amide bonds. The molecule has 2 N–H and O–H groups in total. The molecule has 0 spiro atoms. The average Bonchev–Trinajstić information content (AvgIpc) is 2.90. The number of hydrogen-bond acceptors (Lipinski definition) is 8. The molecule has 0 aliphatic carbocycles. The summed E-state index contributed by atoms with van der Waals surface area (Å²) in [7, 11) is 4.66. The topological polar surface area (TPSA) is 114 Å². The summed E-state index contributed by atoms with van der Waals surface area (Å²) in [6.07, 6.45) is 2.36. The first-order chi connectivity index (χ1) is 18.4. The quantitative estimate of drug-likeness (QED) is 0.264. The van der Waals surface area contributed by atoms with Crippen molar-refractivity contribution in [2.24, 2.45) is 0 Å². The van der Waals surface area contributed by atoms with Gasteiger partial charge in [-0.1, -0.05) is 18.2 Å². The fraction of sp³-hybridized carbons (Fsp3) is 0.333. The van der Waals surface area contributed by atoms with Crippen molar-refractivity contribution in [1.29, 1.82) is 5.41 Å². The molecule has 1 aromatic heterocycles. The van der Waals surface area contributed by atoms with E-state index in [0.717, 1.165) is 11.1 Å². The number of carbonyl (C=O) groups is 2. The fourth-order valence-electron chi connectivity index (χ4n) is 4.34. The maximum atomic E-state index is 13.6. The van der Waals surface area contributed by atoms with Gasteiger partial charge in [0, 0.05) is 41.8 Å². The van der Waals surface area contributed by atoms with Crippen molar-refractivity contribution in [3.05, 3.63) is 70.5 Å². The highest BCUT2D eigenvalue weighted by Gasteiger charge is 2.27. The lowest BCUT2D eigenvalue weighted by Crippen LogP contribution is -2.37. The van der Waals surface area contributed by atoms with Gasteiger partial charge in [0.15, 0.2) is 0 Å². The molecule has 9 heteroatoms. The van der Waals surface area contributed by atoms with Crippen LogP contribution in [0.3, 0.4) is 0 Å². The van der Waals surface area contributed by atoms with Gasteiger partial charge in [0.2, 0.25) is 0 Å². The van der Waals surface area contributed by atoms with Crippen molar-refractivity contribution >= 4 is 29.7 Å². The minimum Gasteiger partial charge on any atom is -0.496 e. The maximum Gasteiger partial charge on any atom is 0.415 e. The second-order valence-corrected chi connectivity index (χ2v) is 10.00. The van der Waals surface area contributed by atoms with Crippen LogP contribution < -0.4 is 15.0 Å². The summed E-state index contributed by atoms with van der Waals surface area (Å²) >= 11 is 0. The molecular weight excluding hydrogens is 496 g/mol. The Morgan fingerprint density at radius 2 is 1.79 bits per heavy atom. The molecule has 3 aromatic rings. The summed E-state index contributed by atoms with van der Waals surface area (Å²) in [4.78, 5) is 32.3. The van der Waals surface area contributed by atoms with E-state index in [1.807, 2.05) is 13.8 Å².